The second-order valence-electron chi connectivity index (χ2n) is 2.58. The number of hydrogen-bond acceptors (Lipinski definition) is 2. The summed E-state index contributed by atoms with van der Waals surface area (Å²) in [7, 11) is 5.70. The minimum absolute atomic E-state index is 0.980. The first kappa shape index (κ1) is 9.95. The summed E-state index contributed by atoms with van der Waals surface area (Å²) in [6.07, 6.45) is 3.89. The van der Waals surface area contributed by atoms with Gasteiger partial charge in [-0.05, 0) is 19.1 Å². The number of likely N-dealkylation sites (N-methyl/N-ethyl adjacent to an activating group) is 1. The van der Waals surface area contributed by atoms with Gasteiger partial charge in [-0.2, -0.15) is 0 Å². The summed E-state index contributed by atoms with van der Waals surface area (Å²) in [5.41, 5.74) is 1.99. The highest BCUT2D eigenvalue weighted by Gasteiger charge is 1.88. The molecule has 11 heavy (non-hydrogen) atoms. The van der Waals surface area contributed by atoms with Crippen LogP contribution < -0.4 is 0 Å². The van der Waals surface area contributed by atoms with Crippen molar-refractivity contribution < 1.29 is 0 Å². The maximum absolute atomic E-state index is 3.99. The number of rotatable bonds is 3. The molecule has 0 fully saturated rings. The fraction of sp³-hybridized carbons (Fsp3) is 0.444. The zero-order valence-corrected chi connectivity index (χ0v) is 7.76. The van der Waals surface area contributed by atoms with E-state index < -0.39 is 0 Å². The van der Waals surface area contributed by atoms with Crippen molar-refractivity contribution in [2.75, 3.05) is 21.1 Å². The van der Waals surface area contributed by atoms with Gasteiger partial charge in [0.2, 0.25) is 0 Å². The Bertz CT molecular complexity index is 188. The van der Waals surface area contributed by atoms with E-state index in [-0.39, 0.29) is 0 Å². The van der Waals surface area contributed by atoms with Crippen molar-refractivity contribution in [1.82, 2.24) is 4.90 Å². The van der Waals surface area contributed by atoms with Crippen LogP contribution in [-0.2, 0) is 0 Å². The van der Waals surface area contributed by atoms with Crippen molar-refractivity contribution in [2.45, 2.75) is 6.92 Å². The summed E-state index contributed by atoms with van der Waals surface area (Å²) in [5, 5.41) is 0. The molecule has 0 spiro atoms. The van der Waals surface area contributed by atoms with E-state index in [0.29, 0.717) is 0 Å². The van der Waals surface area contributed by atoms with Crippen LogP contribution in [0.2, 0.25) is 0 Å². The molecule has 0 aromatic heterocycles. The molecule has 0 atom stereocenters. The van der Waals surface area contributed by atoms with E-state index in [1.165, 1.54) is 0 Å². The van der Waals surface area contributed by atoms with Crippen molar-refractivity contribution in [3.05, 3.63) is 24.4 Å². The maximum Gasteiger partial charge on any atom is 0.0314 e. The van der Waals surface area contributed by atoms with Gasteiger partial charge in [0.05, 0.1) is 0 Å². The fourth-order valence-electron chi connectivity index (χ4n) is 0.440. The van der Waals surface area contributed by atoms with Gasteiger partial charge in [-0.1, -0.05) is 6.58 Å². The van der Waals surface area contributed by atoms with E-state index in [9.17, 15) is 0 Å². The molecule has 2 heteroatoms. The lowest BCUT2D eigenvalue weighted by Crippen LogP contribution is -2.07. The van der Waals surface area contributed by atoms with E-state index in [2.05, 4.69) is 11.6 Å². The summed E-state index contributed by atoms with van der Waals surface area (Å²) in [5.74, 6) is 0. The van der Waals surface area contributed by atoms with Crippen molar-refractivity contribution in [3.63, 3.8) is 0 Å². The SMILES string of the molecule is C=C(/C=C\C(C)=NC)N(C)C. The molecule has 0 aromatic carbocycles. The molecule has 0 radical (unpaired) electrons. The van der Waals surface area contributed by atoms with Gasteiger partial charge in [0.15, 0.2) is 0 Å². The Kier molecular flexibility index (Phi) is 4.27. The van der Waals surface area contributed by atoms with Gasteiger partial charge in [-0.15, -0.1) is 0 Å². The number of nitrogens with zero attached hydrogens (tertiary/aromatic N) is 2. The first-order chi connectivity index (χ1) is 5.07. The average molecular weight is 152 g/mol. The zero-order chi connectivity index (χ0) is 8.85. The Labute approximate surface area is 68.9 Å². The molecule has 0 bridgehead atoms. The zero-order valence-electron chi connectivity index (χ0n) is 7.76. The van der Waals surface area contributed by atoms with Crippen LogP contribution in [0.3, 0.4) is 0 Å². The third kappa shape index (κ3) is 4.37. The number of hydrogen-bond donors (Lipinski definition) is 0. The lowest BCUT2D eigenvalue weighted by atomic mass is 10.3. The fourth-order valence-corrected chi connectivity index (χ4v) is 0.440. The van der Waals surface area contributed by atoms with Gasteiger partial charge in [0.25, 0.3) is 0 Å². The van der Waals surface area contributed by atoms with E-state index in [1.807, 2.05) is 38.1 Å². The second kappa shape index (κ2) is 4.72. The highest BCUT2D eigenvalue weighted by Crippen LogP contribution is 1.95. The minimum atomic E-state index is 0.980. The summed E-state index contributed by atoms with van der Waals surface area (Å²) >= 11 is 0. The van der Waals surface area contributed by atoms with Gasteiger partial charge in [-0.25, -0.2) is 0 Å². The van der Waals surface area contributed by atoms with Crippen LogP contribution in [-0.4, -0.2) is 31.8 Å². The smallest absolute Gasteiger partial charge is 0.0314 e. The third-order valence-corrected chi connectivity index (χ3v) is 1.44. The highest BCUT2D eigenvalue weighted by atomic mass is 15.1. The van der Waals surface area contributed by atoms with Crippen molar-refractivity contribution >= 4 is 5.71 Å². The Morgan fingerprint density at radius 3 is 2.27 bits per heavy atom. The van der Waals surface area contributed by atoms with Crippen LogP contribution in [0.5, 0.6) is 0 Å². The Morgan fingerprint density at radius 1 is 1.36 bits per heavy atom. The molecule has 0 heterocycles. The molecule has 0 aliphatic rings. The van der Waals surface area contributed by atoms with Gasteiger partial charge in [0.1, 0.15) is 0 Å². The van der Waals surface area contributed by atoms with Crippen LogP contribution in [0.1, 0.15) is 6.92 Å². The maximum atomic E-state index is 3.99. The lowest BCUT2D eigenvalue weighted by molar-refractivity contribution is 0.532. The van der Waals surface area contributed by atoms with Crippen LogP contribution in [0.4, 0.5) is 0 Å². The molecule has 0 saturated carbocycles. The van der Waals surface area contributed by atoms with Gasteiger partial charge < -0.3 is 4.90 Å². The number of aliphatic imine (C=N–C) groups is 1. The summed E-state index contributed by atoms with van der Waals surface area (Å²) in [6.45, 7) is 5.80. The van der Waals surface area contributed by atoms with Crippen molar-refractivity contribution in [1.29, 1.82) is 0 Å². The molecule has 0 rings (SSSR count). The van der Waals surface area contributed by atoms with Crippen molar-refractivity contribution in [3.8, 4) is 0 Å². The van der Waals surface area contributed by atoms with Crippen molar-refractivity contribution in [2.24, 2.45) is 4.99 Å². The molecule has 0 aliphatic heterocycles. The van der Waals surface area contributed by atoms with E-state index in [1.54, 1.807) is 7.05 Å². The van der Waals surface area contributed by atoms with E-state index in [0.717, 1.165) is 11.4 Å². The first-order valence-corrected chi connectivity index (χ1v) is 3.55. The lowest BCUT2D eigenvalue weighted by Gasteiger charge is -2.10. The average Bonchev–Trinajstić information content (AvgIpc) is 1.99. The minimum Gasteiger partial charge on any atom is -0.378 e. The molecule has 0 aliphatic carbocycles. The molecular weight excluding hydrogens is 136 g/mol. The summed E-state index contributed by atoms with van der Waals surface area (Å²) < 4.78 is 0. The second-order valence-corrected chi connectivity index (χ2v) is 2.58. The highest BCUT2D eigenvalue weighted by molar-refractivity contribution is 5.92. The number of allylic oxidation sites excluding steroid dienone is 2. The van der Waals surface area contributed by atoms with Gasteiger partial charge in [-0.3, -0.25) is 4.99 Å². The molecule has 0 aromatic rings. The Hall–Kier alpha value is -1.05. The standard InChI is InChI=1S/C9H16N2/c1-8(10-3)6-7-9(2)11(4)5/h6-7H,2H2,1,3-5H3/b7-6-,10-8?. The molecule has 0 unspecified atom stereocenters. The van der Waals surface area contributed by atoms with E-state index >= 15 is 0 Å². The molecule has 0 saturated heterocycles. The predicted molar refractivity (Wildman–Crippen MR) is 51.0 cm³/mol. The largest absolute Gasteiger partial charge is 0.378 e. The monoisotopic (exact) mass is 152 g/mol. The van der Waals surface area contributed by atoms with Gasteiger partial charge >= 0.3 is 0 Å². The van der Waals surface area contributed by atoms with Crippen LogP contribution >= 0.6 is 0 Å². The normalized spacial score (nSPS) is 12.2. The third-order valence-electron chi connectivity index (χ3n) is 1.44. The Balaban J connectivity index is 4.04. The van der Waals surface area contributed by atoms with E-state index in [4.69, 9.17) is 0 Å². The van der Waals surface area contributed by atoms with Crippen LogP contribution in [0.15, 0.2) is 29.4 Å². The topological polar surface area (TPSA) is 15.6 Å². The molecule has 2 nitrogen and oxygen atoms in total. The van der Waals surface area contributed by atoms with Crippen LogP contribution in [0.25, 0.3) is 0 Å². The molecular formula is C9H16N2. The predicted octanol–water partition coefficient (Wildman–Crippen LogP) is 1.71. The first-order valence-electron chi connectivity index (χ1n) is 3.55. The summed E-state index contributed by atoms with van der Waals surface area (Å²) in [6, 6.07) is 0. The van der Waals surface area contributed by atoms with Crippen LogP contribution in [0, 0.1) is 0 Å². The molecule has 62 valence electrons. The quantitative estimate of drug-likeness (QED) is 0.444. The molecule has 0 N–H and O–H groups in total. The molecule has 0 amide bonds. The summed E-state index contributed by atoms with van der Waals surface area (Å²) in [4.78, 5) is 5.95. The Morgan fingerprint density at radius 2 is 1.91 bits per heavy atom. The van der Waals surface area contributed by atoms with Gasteiger partial charge in [0, 0.05) is 32.6 Å².